The molecule has 0 heterocycles. The number of amides is 2. The monoisotopic (exact) mass is 532 g/mol. The maximum Gasteiger partial charge on any atom is 0.261 e. The second kappa shape index (κ2) is 12.8. The average Bonchev–Trinajstić information content (AvgIpc) is 2.82. The van der Waals surface area contributed by atoms with Gasteiger partial charge in [0, 0.05) is 39.6 Å². The first kappa shape index (κ1) is 26.9. The van der Waals surface area contributed by atoms with Gasteiger partial charge >= 0.3 is 0 Å². The van der Waals surface area contributed by atoms with Gasteiger partial charge in [0.25, 0.3) is 5.91 Å². The van der Waals surface area contributed by atoms with Gasteiger partial charge in [-0.05, 0) is 55.8 Å². The highest BCUT2D eigenvalue weighted by atomic mass is 35.5. The van der Waals surface area contributed by atoms with Crippen molar-refractivity contribution < 1.29 is 14.3 Å². The molecule has 0 bridgehead atoms. The lowest BCUT2D eigenvalue weighted by Crippen LogP contribution is -2.52. The van der Waals surface area contributed by atoms with Crippen LogP contribution in [0.5, 0.6) is 5.75 Å². The molecule has 0 fully saturated rings. The smallest absolute Gasteiger partial charge is 0.261 e. The highest BCUT2D eigenvalue weighted by Crippen LogP contribution is 2.27. The normalized spacial score (nSPS) is 11.7. The van der Waals surface area contributed by atoms with E-state index in [1.807, 2.05) is 44.2 Å². The maximum atomic E-state index is 13.5. The lowest BCUT2D eigenvalue weighted by atomic mass is 10.0. The molecule has 0 saturated carbocycles. The summed E-state index contributed by atoms with van der Waals surface area (Å²) in [4.78, 5) is 28.4. The third-order valence-electron chi connectivity index (χ3n) is 5.27. The Labute approximate surface area is 220 Å². The fourth-order valence-electron chi connectivity index (χ4n) is 3.55. The summed E-state index contributed by atoms with van der Waals surface area (Å²) in [5, 5.41) is 4.33. The molecule has 2 amide bonds. The van der Waals surface area contributed by atoms with Crippen molar-refractivity contribution in [1.82, 2.24) is 10.2 Å². The summed E-state index contributed by atoms with van der Waals surface area (Å²) >= 11 is 18.8. The van der Waals surface area contributed by atoms with Crippen LogP contribution in [0.4, 0.5) is 0 Å². The predicted molar refractivity (Wildman–Crippen MR) is 141 cm³/mol. The van der Waals surface area contributed by atoms with Crippen molar-refractivity contribution in [3.8, 4) is 5.75 Å². The molecule has 0 radical (unpaired) electrons. The van der Waals surface area contributed by atoms with Gasteiger partial charge in [-0.1, -0.05) is 71.2 Å². The van der Waals surface area contributed by atoms with Gasteiger partial charge in [-0.2, -0.15) is 0 Å². The molecular weight excluding hydrogens is 507 g/mol. The zero-order valence-corrected chi connectivity index (χ0v) is 21.8. The molecule has 0 spiro atoms. The van der Waals surface area contributed by atoms with E-state index in [4.69, 9.17) is 39.5 Å². The van der Waals surface area contributed by atoms with E-state index in [9.17, 15) is 9.59 Å². The van der Waals surface area contributed by atoms with Crippen LogP contribution >= 0.6 is 34.8 Å². The molecular formula is C27H27Cl3N2O3. The molecule has 0 aromatic heterocycles. The minimum atomic E-state index is -0.812. The molecule has 0 aliphatic heterocycles. The van der Waals surface area contributed by atoms with E-state index < -0.39 is 6.04 Å². The van der Waals surface area contributed by atoms with Crippen LogP contribution in [0.25, 0.3) is 0 Å². The minimum Gasteiger partial charge on any atom is -0.484 e. The number of ether oxygens (including phenoxy) is 1. The number of carbonyl (C=O) groups is 2. The van der Waals surface area contributed by atoms with E-state index in [1.165, 1.54) is 4.90 Å². The average molecular weight is 534 g/mol. The Morgan fingerprint density at radius 3 is 2.11 bits per heavy atom. The largest absolute Gasteiger partial charge is 0.484 e. The van der Waals surface area contributed by atoms with Crippen molar-refractivity contribution in [2.75, 3.05) is 6.61 Å². The topological polar surface area (TPSA) is 58.6 Å². The summed E-state index contributed by atoms with van der Waals surface area (Å²) < 4.78 is 5.72. The second-order valence-electron chi connectivity index (χ2n) is 8.33. The van der Waals surface area contributed by atoms with Gasteiger partial charge in [0.05, 0.1) is 0 Å². The van der Waals surface area contributed by atoms with Crippen LogP contribution in [-0.4, -0.2) is 35.4 Å². The summed E-state index contributed by atoms with van der Waals surface area (Å²) in [7, 11) is 0. The highest BCUT2D eigenvalue weighted by Gasteiger charge is 2.32. The van der Waals surface area contributed by atoms with E-state index in [0.29, 0.717) is 32.8 Å². The Morgan fingerprint density at radius 2 is 1.51 bits per heavy atom. The van der Waals surface area contributed by atoms with Crippen molar-refractivity contribution in [3.05, 3.63) is 99.0 Å². The van der Waals surface area contributed by atoms with Crippen LogP contribution in [0.1, 0.15) is 25.0 Å². The molecule has 0 saturated heterocycles. The van der Waals surface area contributed by atoms with Gasteiger partial charge in [0.15, 0.2) is 6.61 Å². The molecule has 0 aliphatic carbocycles. The van der Waals surface area contributed by atoms with Gasteiger partial charge < -0.3 is 15.0 Å². The van der Waals surface area contributed by atoms with Crippen LogP contribution < -0.4 is 10.1 Å². The number of hydrogen-bond donors (Lipinski definition) is 1. The summed E-state index contributed by atoms with van der Waals surface area (Å²) in [5.41, 5.74) is 1.48. The Morgan fingerprint density at radius 1 is 0.886 bits per heavy atom. The Balaban J connectivity index is 1.95. The summed E-state index contributed by atoms with van der Waals surface area (Å²) in [6.45, 7) is 3.52. The zero-order chi connectivity index (χ0) is 25.4. The van der Waals surface area contributed by atoms with Gasteiger partial charge in [0.2, 0.25) is 5.91 Å². The highest BCUT2D eigenvalue weighted by molar-refractivity contribution is 6.36. The van der Waals surface area contributed by atoms with E-state index in [2.05, 4.69) is 5.32 Å². The van der Waals surface area contributed by atoms with Crippen molar-refractivity contribution in [3.63, 3.8) is 0 Å². The summed E-state index contributed by atoms with van der Waals surface area (Å²) in [6, 6.07) is 20.5. The van der Waals surface area contributed by atoms with Gasteiger partial charge in [0.1, 0.15) is 11.8 Å². The molecule has 5 nitrogen and oxygen atoms in total. The van der Waals surface area contributed by atoms with Crippen LogP contribution in [0.2, 0.25) is 15.1 Å². The SMILES string of the molecule is CC(C)NC(=O)C(Cc1ccccc1)N(Cc1c(Cl)cccc1Cl)C(=O)COc1ccc(Cl)cc1. The van der Waals surface area contributed by atoms with Gasteiger partial charge in [-0.3, -0.25) is 9.59 Å². The Kier molecular flexibility index (Phi) is 9.84. The van der Waals surface area contributed by atoms with Crippen molar-refractivity contribution in [2.45, 2.75) is 38.9 Å². The van der Waals surface area contributed by atoms with Crippen LogP contribution in [0.15, 0.2) is 72.8 Å². The molecule has 1 unspecified atom stereocenters. The molecule has 0 aliphatic rings. The Bertz CT molecular complexity index is 1120. The molecule has 1 atom stereocenters. The number of nitrogens with one attached hydrogen (secondary N) is 1. The number of halogens is 3. The lowest BCUT2D eigenvalue weighted by Gasteiger charge is -2.32. The van der Waals surface area contributed by atoms with E-state index >= 15 is 0 Å². The molecule has 184 valence electrons. The standard InChI is InChI=1S/C27H27Cl3N2O3/c1-18(2)31-27(34)25(15-19-7-4-3-5-8-19)32(16-22-23(29)9-6-10-24(22)30)26(33)17-35-21-13-11-20(28)12-14-21/h3-14,18,25H,15-17H2,1-2H3,(H,31,34). The lowest BCUT2D eigenvalue weighted by molar-refractivity contribution is -0.143. The molecule has 1 N–H and O–H groups in total. The number of carbonyl (C=O) groups excluding carboxylic acids is 2. The van der Waals surface area contributed by atoms with E-state index in [1.54, 1.807) is 42.5 Å². The van der Waals surface area contributed by atoms with Crippen LogP contribution in [0.3, 0.4) is 0 Å². The molecule has 3 aromatic rings. The van der Waals surface area contributed by atoms with Crippen molar-refractivity contribution in [1.29, 1.82) is 0 Å². The first-order valence-electron chi connectivity index (χ1n) is 11.2. The van der Waals surface area contributed by atoms with E-state index in [0.717, 1.165) is 5.56 Å². The fraction of sp³-hybridized carbons (Fsp3) is 0.259. The number of nitrogens with zero attached hydrogens (tertiary/aromatic N) is 1. The third kappa shape index (κ3) is 7.89. The molecule has 3 rings (SSSR count). The predicted octanol–water partition coefficient (Wildman–Crippen LogP) is 6.19. The molecule has 3 aromatic carbocycles. The first-order chi connectivity index (χ1) is 16.7. The summed E-state index contributed by atoms with van der Waals surface area (Å²) in [6.07, 6.45) is 0.314. The first-order valence-corrected chi connectivity index (χ1v) is 12.3. The number of rotatable bonds is 10. The number of hydrogen-bond acceptors (Lipinski definition) is 3. The van der Waals surface area contributed by atoms with Crippen LogP contribution in [0, 0.1) is 0 Å². The second-order valence-corrected chi connectivity index (χ2v) is 9.58. The maximum absolute atomic E-state index is 13.5. The third-order valence-corrected chi connectivity index (χ3v) is 6.23. The minimum absolute atomic E-state index is 0.0460. The van der Waals surface area contributed by atoms with E-state index in [-0.39, 0.29) is 31.0 Å². The number of benzene rings is 3. The Hall–Kier alpha value is -2.73. The van der Waals surface area contributed by atoms with Crippen molar-refractivity contribution >= 4 is 46.6 Å². The van der Waals surface area contributed by atoms with Gasteiger partial charge in [-0.15, -0.1) is 0 Å². The molecule has 8 heteroatoms. The van der Waals surface area contributed by atoms with Crippen LogP contribution in [-0.2, 0) is 22.6 Å². The van der Waals surface area contributed by atoms with Gasteiger partial charge in [-0.25, -0.2) is 0 Å². The zero-order valence-electron chi connectivity index (χ0n) is 19.5. The quantitative estimate of drug-likeness (QED) is 0.338. The molecule has 35 heavy (non-hydrogen) atoms. The van der Waals surface area contributed by atoms with Crippen molar-refractivity contribution in [2.24, 2.45) is 0 Å². The fourth-order valence-corrected chi connectivity index (χ4v) is 4.19. The summed E-state index contributed by atoms with van der Waals surface area (Å²) in [5.74, 6) is -0.160.